The Labute approximate surface area is 128 Å². The van der Waals surface area contributed by atoms with E-state index in [4.69, 9.17) is 11.6 Å². The first-order chi connectivity index (χ1) is 10.1. The molecular weight excluding hydrogens is 292 g/mol. The highest BCUT2D eigenvalue weighted by Gasteiger charge is 2.30. The second-order valence-corrected chi connectivity index (χ2v) is 5.15. The summed E-state index contributed by atoms with van der Waals surface area (Å²) in [5, 5.41) is 3.88. The highest BCUT2D eigenvalue weighted by Crippen LogP contribution is 2.28. The molecule has 0 N–H and O–H groups in total. The molecule has 0 radical (unpaired) electrons. The van der Waals surface area contributed by atoms with Crippen molar-refractivity contribution in [2.24, 2.45) is 10.1 Å². The Hall–Kier alpha value is -1.95. The minimum atomic E-state index is -0.436. The Morgan fingerprint density at radius 3 is 2.90 bits per heavy atom. The van der Waals surface area contributed by atoms with Gasteiger partial charge in [0.25, 0.3) is 5.91 Å². The van der Waals surface area contributed by atoms with Crippen LogP contribution in [0.25, 0.3) is 0 Å². The van der Waals surface area contributed by atoms with Crippen molar-refractivity contribution in [3.05, 3.63) is 29.0 Å². The standard InChI is InChI=1S/C14H17ClN4O2/c1-10(18-14(20)8-17-21-2)19(12-4-5-12)9-11-3-6-13(15)16-7-11/h3,6-8,12H,4-5,9H2,1-2H3/b17-8+,18-10?. The number of oxime groups is 1. The van der Waals surface area contributed by atoms with Crippen molar-refractivity contribution in [2.45, 2.75) is 32.4 Å². The summed E-state index contributed by atoms with van der Waals surface area (Å²) >= 11 is 5.78. The van der Waals surface area contributed by atoms with Crippen molar-refractivity contribution < 1.29 is 9.63 Å². The van der Waals surface area contributed by atoms with Gasteiger partial charge in [-0.15, -0.1) is 0 Å². The number of amidine groups is 1. The summed E-state index contributed by atoms with van der Waals surface area (Å²) in [6, 6.07) is 4.11. The number of pyridine rings is 1. The topological polar surface area (TPSA) is 67.2 Å². The number of hydrogen-bond acceptors (Lipinski definition) is 4. The van der Waals surface area contributed by atoms with Gasteiger partial charge >= 0.3 is 0 Å². The van der Waals surface area contributed by atoms with E-state index in [1.807, 2.05) is 13.0 Å². The number of carbonyl (C=O) groups is 1. The van der Waals surface area contributed by atoms with Crippen molar-refractivity contribution in [1.29, 1.82) is 0 Å². The maximum absolute atomic E-state index is 11.6. The number of hydrogen-bond donors (Lipinski definition) is 0. The molecule has 7 heteroatoms. The van der Waals surface area contributed by atoms with Gasteiger partial charge in [0.05, 0.1) is 0 Å². The molecule has 1 heterocycles. The minimum Gasteiger partial charge on any atom is -0.399 e. The van der Waals surface area contributed by atoms with Crippen molar-refractivity contribution in [3.8, 4) is 0 Å². The lowest BCUT2D eigenvalue weighted by molar-refractivity contribution is -0.111. The molecule has 0 spiro atoms. The first-order valence-electron chi connectivity index (χ1n) is 6.63. The number of rotatable bonds is 5. The first kappa shape index (κ1) is 15.4. The van der Waals surface area contributed by atoms with Gasteiger partial charge in [-0.2, -0.15) is 4.99 Å². The molecule has 2 rings (SSSR count). The van der Waals surface area contributed by atoms with Crippen LogP contribution in [0.4, 0.5) is 0 Å². The lowest BCUT2D eigenvalue weighted by Gasteiger charge is -2.23. The predicted molar refractivity (Wildman–Crippen MR) is 81.4 cm³/mol. The molecule has 1 amide bonds. The molecule has 0 atom stereocenters. The van der Waals surface area contributed by atoms with E-state index in [1.165, 1.54) is 7.11 Å². The van der Waals surface area contributed by atoms with Crippen LogP contribution < -0.4 is 0 Å². The smallest absolute Gasteiger partial charge is 0.293 e. The van der Waals surface area contributed by atoms with Crippen molar-refractivity contribution >= 4 is 29.6 Å². The maximum atomic E-state index is 11.6. The molecule has 0 saturated heterocycles. The second-order valence-electron chi connectivity index (χ2n) is 4.76. The zero-order valence-corrected chi connectivity index (χ0v) is 12.7. The second kappa shape index (κ2) is 7.17. The van der Waals surface area contributed by atoms with E-state index in [0.29, 0.717) is 23.6 Å². The Bertz CT molecular complexity index is 553. The molecule has 112 valence electrons. The predicted octanol–water partition coefficient (Wildman–Crippen LogP) is 2.28. The molecule has 1 aromatic heterocycles. The monoisotopic (exact) mass is 308 g/mol. The number of aromatic nitrogens is 1. The van der Waals surface area contributed by atoms with Crippen LogP contribution in [-0.2, 0) is 16.2 Å². The van der Waals surface area contributed by atoms with Crippen LogP contribution in [0.15, 0.2) is 28.5 Å². The van der Waals surface area contributed by atoms with E-state index in [2.05, 4.69) is 24.9 Å². The highest BCUT2D eigenvalue weighted by atomic mass is 35.5. The molecule has 1 fully saturated rings. The average Bonchev–Trinajstić information content (AvgIpc) is 3.28. The third-order valence-electron chi connectivity index (χ3n) is 3.09. The van der Waals surface area contributed by atoms with Crippen LogP contribution in [0.3, 0.4) is 0 Å². The van der Waals surface area contributed by atoms with Crippen LogP contribution in [0.5, 0.6) is 0 Å². The van der Waals surface area contributed by atoms with Gasteiger partial charge in [-0.05, 0) is 31.4 Å². The molecule has 1 aliphatic rings. The SMILES string of the molecule is CO/N=C/C(=O)N=C(C)N(Cc1ccc(Cl)nc1)C1CC1. The largest absolute Gasteiger partial charge is 0.399 e. The third kappa shape index (κ3) is 4.82. The van der Waals surface area contributed by atoms with Gasteiger partial charge in [-0.3, -0.25) is 4.79 Å². The van der Waals surface area contributed by atoms with E-state index >= 15 is 0 Å². The van der Waals surface area contributed by atoms with Gasteiger partial charge in [0, 0.05) is 18.8 Å². The number of nitrogens with zero attached hydrogens (tertiary/aromatic N) is 4. The minimum absolute atomic E-state index is 0.427. The van der Waals surface area contributed by atoms with Crippen molar-refractivity contribution in [1.82, 2.24) is 9.88 Å². The molecule has 0 bridgehead atoms. The highest BCUT2D eigenvalue weighted by molar-refractivity contribution is 6.29. The summed E-state index contributed by atoms with van der Waals surface area (Å²) in [5.41, 5.74) is 1.03. The molecule has 0 unspecified atom stereocenters. The van der Waals surface area contributed by atoms with Crippen LogP contribution >= 0.6 is 11.6 Å². The van der Waals surface area contributed by atoms with Crippen molar-refractivity contribution in [3.63, 3.8) is 0 Å². The number of aliphatic imine (C=N–C) groups is 1. The first-order valence-corrected chi connectivity index (χ1v) is 7.01. The van der Waals surface area contributed by atoms with Gasteiger partial charge in [0.2, 0.25) is 0 Å². The van der Waals surface area contributed by atoms with Gasteiger partial charge in [0.1, 0.15) is 24.3 Å². The average molecular weight is 309 g/mol. The lowest BCUT2D eigenvalue weighted by atomic mass is 10.2. The zero-order valence-electron chi connectivity index (χ0n) is 12.0. The fourth-order valence-corrected chi connectivity index (χ4v) is 2.05. The number of halogens is 1. The maximum Gasteiger partial charge on any atom is 0.293 e. The van der Waals surface area contributed by atoms with Gasteiger partial charge in [-0.1, -0.05) is 22.8 Å². The summed E-state index contributed by atoms with van der Waals surface area (Å²) in [6.07, 6.45) is 5.00. The van der Waals surface area contributed by atoms with Crippen LogP contribution in [0, 0.1) is 0 Å². The van der Waals surface area contributed by atoms with Crippen LogP contribution in [-0.4, -0.2) is 41.0 Å². The summed E-state index contributed by atoms with van der Waals surface area (Å²) in [5.74, 6) is 0.231. The fourth-order valence-electron chi connectivity index (χ4n) is 1.94. The Morgan fingerprint density at radius 2 is 2.33 bits per heavy atom. The van der Waals surface area contributed by atoms with E-state index < -0.39 is 5.91 Å². The quantitative estimate of drug-likeness (QED) is 0.362. The molecule has 1 aromatic rings. The molecule has 21 heavy (non-hydrogen) atoms. The van der Waals surface area contributed by atoms with E-state index in [9.17, 15) is 4.79 Å². The molecule has 1 saturated carbocycles. The molecule has 6 nitrogen and oxygen atoms in total. The van der Waals surface area contributed by atoms with Gasteiger partial charge in [0.15, 0.2) is 0 Å². The van der Waals surface area contributed by atoms with Crippen LogP contribution in [0.2, 0.25) is 5.15 Å². The summed E-state index contributed by atoms with van der Waals surface area (Å²) in [6.45, 7) is 2.47. The Morgan fingerprint density at radius 1 is 1.57 bits per heavy atom. The van der Waals surface area contributed by atoms with E-state index in [1.54, 1.807) is 12.3 Å². The molecule has 0 aliphatic heterocycles. The molecular formula is C14H17ClN4O2. The third-order valence-corrected chi connectivity index (χ3v) is 3.31. The number of carbonyl (C=O) groups excluding carboxylic acids is 1. The summed E-state index contributed by atoms with van der Waals surface area (Å²) in [4.78, 5) is 26.2. The van der Waals surface area contributed by atoms with Gasteiger partial charge in [-0.25, -0.2) is 4.98 Å². The summed E-state index contributed by atoms with van der Waals surface area (Å²) < 4.78 is 0. The number of amides is 1. The van der Waals surface area contributed by atoms with Gasteiger partial charge < -0.3 is 9.74 Å². The summed E-state index contributed by atoms with van der Waals surface area (Å²) in [7, 11) is 1.38. The van der Waals surface area contributed by atoms with Crippen LogP contribution in [0.1, 0.15) is 25.3 Å². The fraction of sp³-hybridized carbons (Fsp3) is 0.429. The van der Waals surface area contributed by atoms with Crippen molar-refractivity contribution in [2.75, 3.05) is 7.11 Å². The normalized spacial score (nSPS) is 15.3. The Kier molecular flexibility index (Phi) is 5.27. The van der Waals surface area contributed by atoms with E-state index in [0.717, 1.165) is 24.6 Å². The Balaban J connectivity index is 2.07. The molecule has 1 aliphatic carbocycles. The zero-order chi connectivity index (χ0) is 15.2. The molecule has 0 aromatic carbocycles. The van der Waals surface area contributed by atoms with E-state index in [-0.39, 0.29) is 0 Å². The lowest BCUT2D eigenvalue weighted by Crippen LogP contribution is -2.31.